The van der Waals surface area contributed by atoms with E-state index in [-0.39, 0.29) is 5.91 Å². The Morgan fingerprint density at radius 2 is 1.79 bits per heavy atom. The van der Waals surface area contributed by atoms with Crippen molar-refractivity contribution < 1.29 is 4.79 Å². The van der Waals surface area contributed by atoms with Gasteiger partial charge in [-0.1, -0.05) is 57.3 Å². The molecule has 1 aliphatic heterocycles. The highest BCUT2D eigenvalue weighted by Gasteiger charge is 2.47. The largest absolute Gasteiger partial charge is 0.324 e. The molecule has 2 aromatic carbocycles. The third kappa shape index (κ3) is 1.88. The number of benzene rings is 2. The molecule has 5 heteroatoms. The lowest BCUT2D eigenvalue weighted by atomic mass is 9.92. The van der Waals surface area contributed by atoms with E-state index in [0.717, 1.165) is 11.3 Å². The molecule has 96 valence electrons. The summed E-state index contributed by atoms with van der Waals surface area (Å²) in [5.41, 5.74) is 2.22. The molecule has 19 heavy (non-hydrogen) atoms. The third-order valence-corrected chi connectivity index (χ3v) is 4.94. The Kier molecular flexibility index (Phi) is 3.08. The molecule has 1 unspecified atom stereocenters. The maximum Gasteiger partial charge on any atom is 0.250 e. The van der Waals surface area contributed by atoms with Crippen LogP contribution in [0.3, 0.4) is 0 Å². The lowest BCUT2D eigenvalue weighted by Crippen LogP contribution is -2.29. The van der Waals surface area contributed by atoms with E-state index in [2.05, 4.69) is 21.2 Å². The van der Waals surface area contributed by atoms with Crippen LogP contribution in [0.5, 0.6) is 0 Å². The van der Waals surface area contributed by atoms with E-state index in [9.17, 15) is 4.79 Å². The highest BCUT2D eigenvalue weighted by Crippen LogP contribution is 2.49. The van der Waals surface area contributed by atoms with Gasteiger partial charge in [-0.3, -0.25) is 4.79 Å². The Hall–Kier alpha value is -1.03. The number of carbonyl (C=O) groups excluding carboxylic acids is 1. The predicted molar refractivity (Wildman–Crippen MR) is 81.2 cm³/mol. The Morgan fingerprint density at radius 1 is 1.05 bits per heavy atom. The molecule has 1 atom stereocenters. The second kappa shape index (κ2) is 4.51. The molecule has 1 amide bonds. The molecule has 3 rings (SSSR count). The molecule has 2 nitrogen and oxygen atoms in total. The summed E-state index contributed by atoms with van der Waals surface area (Å²) in [4.78, 5) is 12.4. The minimum absolute atomic E-state index is 0.169. The average molecular weight is 357 g/mol. The molecule has 0 saturated heterocycles. The van der Waals surface area contributed by atoms with Crippen LogP contribution in [0.2, 0.25) is 10.0 Å². The number of anilines is 1. The van der Waals surface area contributed by atoms with E-state index in [1.165, 1.54) is 0 Å². The molecule has 0 fully saturated rings. The van der Waals surface area contributed by atoms with Crippen molar-refractivity contribution in [2.75, 3.05) is 5.32 Å². The first kappa shape index (κ1) is 13.0. The van der Waals surface area contributed by atoms with Gasteiger partial charge in [-0.2, -0.15) is 0 Å². The number of carbonyl (C=O) groups is 1. The van der Waals surface area contributed by atoms with E-state index >= 15 is 0 Å². The van der Waals surface area contributed by atoms with Crippen LogP contribution >= 0.6 is 39.1 Å². The number of hydrogen-bond donors (Lipinski definition) is 1. The van der Waals surface area contributed by atoms with Gasteiger partial charge in [0, 0.05) is 26.9 Å². The van der Waals surface area contributed by atoms with Crippen LogP contribution in [-0.4, -0.2) is 5.91 Å². The molecule has 0 aromatic heterocycles. The van der Waals surface area contributed by atoms with Crippen LogP contribution in [0.4, 0.5) is 5.69 Å². The van der Waals surface area contributed by atoms with Crippen molar-refractivity contribution in [1.29, 1.82) is 0 Å². The number of alkyl halides is 1. The summed E-state index contributed by atoms with van der Waals surface area (Å²) in [7, 11) is 0. The zero-order valence-electron chi connectivity index (χ0n) is 9.58. The second-order valence-corrected chi connectivity index (χ2v) is 6.32. The van der Waals surface area contributed by atoms with Gasteiger partial charge < -0.3 is 5.32 Å². The fourth-order valence-electron chi connectivity index (χ4n) is 2.25. The average Bonchev–Trinajstić information content (AvgIpc) is 2.64. The monoisotopic (exact) mass is 355 g/mol. The minimum atomic E-state index is -0.994. The van der Waals surface area contributed by atoms with Crippen LogP contribution in [0.1, 0.15) is 11.1 Å². The molecular weight excluding hydrogens is 349 g/mol. The van der Waals surface area contributed by atoms with Crippen molar-refractivity contribution in [3.8, 4) is 0 Å². The number of rotatable bonds is 1. The zero-order chi connectivity index (χ0) is 13.6. The van der Waals surface area contributed by atoms with Crippen LogP contribution in [0.15, 0.2) is 42.5 Å². The molecule has 2 aromatic rings. The van der Waals surface area contributed by atoms with Crippen molar-refractivity contribution >= 4 is 50.7 Å². The van der Waals surface area contributed by atoms with Crippen LogP contribution in [0, 0.1) is 0 Å². The first-order valence-electron chi connectivity index (χ1n) is 5.59. The smallest absolute Gasteiger partial charge is 0.250 e. The first-order chi connectivity index (χ1) is 9.03. The lowest BCUT2D eigenvalue weighted by molar-refractivity contribution is -0.116. The van der Waals surface area contributed by atoms with Gasteiger partial charge in [-0.25, -0.2) is 0 Å². The second-order valence-electron chi connectivity index (χ2n) is 4.28. The molecular formula is C14H8BrCl2NO. The topological polar surface area (TPSA) is 29.1 Å². The predicted octanol–water partition coefficient (Wildman–Crippen LogP) is 4.58. The van der Waals surface area contributed by atoms with Gasteiger partial charge >= 0.3 is 0 Å². The minimum Gasteiger partial charge on any atom is -0.324 e. The van der Waals surface area contributed by atoms with Gasteiger partial charge in [0.2, 0.25) is 0 Å². The van der Waals surface area contributed by atoms with Crippen LogP contribution in [0.25, 0.3) is 0 Å². The summed E-state index contributed by atoms with van der Waals surface area (Å²) >= 11 is 15.8. The highest BCUT2D eigenvalue weighted by molar-refractivity contribution is 9.10. The van der Waals surface area contributed by atoms with Gasteiger partial charge in [-0.05, 0) is 24.3 Å². The number of nitrogens with one attached hydrogen (secondary N) is 1. The van der Waals surface area contributed by atoms with Crippen molar-refractivity contribution in [3.63, 3.8) is 0 Å². The Balaban J connectivity index is 2.28. The number of amides is 1. The molecule has 0 bridgehead atoms. The Labute approximate surface area is 128 Å². The van der Waals surface area contributed by atoms with E-state index in [1.807, 2.05) is 18.2 Å². The molecule has 1 N–H and O–H groups in total. The van der Waals surface area contributed by atoms with Gasteiger partial charge in [0.25, 0.3) is 5.91 Å². The summed E-state index contributed by atoms with van der Waals surface area (Å²) < 4.78 is -0.994. The number of fused-ring (bicyclic) bond motifs is 1. The van der Waals surface area contributed by atoms with Crippen LogP contribution < -0.4 is 5.32 Å². The molecule has 0 radical (unpaired) electrons. The third-order valence-electron chi connectivity index (χ3n) is 3.16. The van der Waals surface area contributed by atoms with Crippen molar-refractivity contribution in [1.82, 2.24) is 0 Å². The van der Waals surface area contributed by atoms with Gasteiger partial charge in [0.05, 0.1) is 0 Å². The van der Waals surface area contributed by atoms with Crippen molar-refractivity contribution in [3.05, 3.63) is 63.6 Å². The summed E-state index contributed by atoms with van der Waals surface area (Å²) in [5, 5.41) is 3.94. The van der Waals surface area contributed by atoms with E-state index in [0.29, 0.717) is 15.6 Å². The number of halogens is 3. The fourth-order valence-corrected chi connectivity index (χ4v) is 3.59. The van der Waals surface area contributed by atoms with E-state index in [4.69, 9.17) is 23.2 Å². The quantitative estimate of drug-likeness (QED) is 0.744. The fraction of sp³-hybridized carbons (Fsp3) is 0.0714. The zero-order valence-corrected chi connectivity index (χ0v) is 12.7. The van der Waals surface area contributed by atoms with Gasteiger partial charge in [0.1, 0.15) is 0 Å². The van der Waals surface area contributed by atoms with E-state index in [1.54, 1.807) is 24.3 Å². The van der Waals surface area contributed by atoms with Gasteiger partial charge in [0.15, 0.2) is 4.32 Å². The van der Waals surface area contributed by atoms with Gasteiger partial charge in [-0.15, -0.1) is 0 Å². The molecule has 1 heterocycles. The van der Waals surface area contributed by atoms with Crippen LogP contribution in [-0.2, 0) is 9.12 Å². The SMILES string of the molecule is O=C1Nc2ccc(Cl)cc2C1(Br)c1ccccc1Cl. The summed E-state index contributed by atoms with van der Waals surface area (Å²) in [6, 6.07) is 12.6. The molecule has 0 aliphatic carbocycles. The normalized spacial score (nSPS) is 21.1. The van der Waals surface area contributed by atoms with E-state index < -0.39 is 4.32 Å². The maximum atomic E-state index is 12.4. The standard InChI is InChI=1S/C14H8BrCl2NO/c15-14(9-3-1-2-4-11(9)17)10-7-8(16)5-6-12(10)18-13(14)19/h1-7H,(H,18,19). The maximum absolute atomic E-state index is 12.4. The highest BCUT2D eigenvalue weighted by atomic mass is 79.9. The summed E-state index contributed by atoms with van der Waals surface area (Å²) in [6.07, 6.45) is 0. The Bertz CT molecular complexity index is 689. The summed E-state index contributed by atoms with van der Waals surface area (Å²) in [5.74, 6) is -0.169. The Morgan fingerprint density at radius 3 is 2.53 bits per heavy atom. The van der Waals surface area contributed by atoms with Crippen molar-refractivity contribution in [2.24, 2.45) is 0 Å². The molecule has 0 spiro atoms. The lowest BCUT2D eigenvalue weighted by Gasteiger charge is -2.22. The molecule has 1 aliphatic rings. The van der Waals surface area contributed by atoms with Crippen molar-refractivity contribution in [2.45, 2.75) is 4.32 Å². The summed E-state index contributed by atoms with van der Waals surface area (Å²) in [6.45, 7) is 0. The first-order valence-corrected chi connectivity index (χ1v) is 7.14. The molecule has 0 saturated carbocycles. The number of hydrogen-bond acceptors (Lipinski definition) is 1.